The first-order chi connectivity index (χ1) is 6.65. The Kier molecular flexibility index (Phi) is 3.15. The van der Waals surface area contributed by atoms with E-state index >= 15 is 0 Å². The summed E-state index contributed by atoms with van der Waals surface area (Å²) in [4.78, 5) is 14.3. The van der Waals surface area contributed by atoms with Gasteiger partial charge in [0.15, 0.2) is 0 Å². The second-order valence-electron chi connectivity index (χ2n) is 2.75. The minimum Gasteiger partial charge on any atom is -0.478 e. The molecule has 1 rings (SSSR count). The lowest BCUT2D eigenvalue weighted by atomic mass is 10.1. The molecule has 72 valence electrons. The van der Waals surface area contributed by atoms with E-state index in [0.717, 1.165) is 0 Å². The van der Waals surface area contributed by atoms with Gasteiger partial charge in [-0.05, 0) is 12.1 Å². The van der Waals surface area contributed by atoms with Crippen molar-refractivity contribution in [3.8, 4) is 6.07 Å². The van der Waals surface area contributed by atoms with Gasteiger partial charge in [-0.25, -0.2) is 4.79 Å². The summed E-state index contributed by atoms with van der Waals surface area (Å²) in [5.74, 6) is -1.03. The maximum absolute atomic E-state index is 10.5. The van der Waals surface area contributed by atoms with Gasteiger partial charge in [0, 0.05) is 6.20 Å². The lowest BCUT2D eigenvalue weighted by Crippen LogP contribution is -2.11. The molecule has 0 radical (unpaired) electrons. The molecule has 0 amide bonds. The Hall–Kier alpha value is -1.93. The van der Waals surface area contributed by atoms with Crippen LogP contribution in [0.4, 0.5) is 0 Å². The summed E-state index contributed by atoms with van der Waals surface area (Å²) in [6, 6.07) is 4.40. The fraction of sp³-hybridized carbons (Fsp3) is 0.222. The monoisotopic (exact) mass is 191 g/mol. The van der Waals surface area contributed by atoms with E-state index in [1.807, 2.05) is 6.07 Å². The highest BCUT2D eigenvalue weighted by atomic mass is 16.4. The number of hydrogen-bond donors (Lipinski definition) is 2. The second kappa shape index (κ2) is 4.35. The summed E-state index contributed by atoms with van der Waals surface area (Å²) < 4.78 is 0. The van der Waals surface area contributed by atoms with Crippen molar-refractivity contribution in [1.82, 2.24) is 4.98 Å². The van der Waals surface area contributed by atoms with Crippen LogP contribution in [-0.4, -0.2) is 16.1 Å². The molecule has 5 nitrogen and oxygen atoms in total. The normalized spacial score (nSPS) is 11.7. The summed E-state index contributed by atoms with van der Waals surface area (Å²) >= 11 is 0. The van der Waals surface area contributed by atoms with Crippen LogP contribution in [0.5, 0.6) is 0 Å². The summed E-state index contributed by atoms with van der Waals surface area (Å²) in [6.07, 6.45) is 1.40. The fourth-order valence-electron chi connectivity index (χ4n) is 0.954. The maximum Gasteiger partial charge on any atom is 0.337 e. The molecule has 0 aliphatic rings. The van der Waals surface area contributed by atoms with Gasteiger partial charge in [0.2, 0.25) is 0 Å². The first-order valence-corrected chi connectivity index (χ1v) is 3.97. The molecule has 0 bridgehead atoms. The molecule has 0 saturated heterocycles. The highest BCUT2D eigenvalue weighted by Crippen LogP contribution is 2.10. The van der Waals surface area contributed by atoms with E-state index < -0.39 is 12.0 Å². The van der Waals surface area contributed by atoms with Crippen molar-refractivity contribution >= 4 is 5.97 Å². The quantitative estimate of drug-likeness (QED) is 0.732. The summed E-state index contributed by atoms with van der Waals surface area (Å²) in [6.45, 7) is 0. The minimum absolute atomic E-state index is 0.109. The molecule has 1 heterocycles. The molecule has 3 N–H and O–H groups in total. The van der Waals surface area contributed by atoms with E-state index in [1.54, 1.807) is 0 Å². The molecule has 1 atom stereocenters. The van der Waals surface area contributed by atoms with Gasteiger partial charge in [-0.1, -0.05) is 0 Å². The summed E-state index contributed by atoms with van der Waals surface area (Å²) in [5, 5.41) is 17.0. The van der Waals surface area contributed by atoms with Crippen molar-refractivity contribution in [1.29, 1.82) is 5.26 Å². The van der Waals surface area contributed by atoms with Gasteiger partial charge >= 0.3 is 5.97 Å². The first-order valence-electron chi connectivity index (χ1n) is 3.97. The van der Waals surface area contributed by atoms with Crippen molar-refractivity contribution in [2.45, 2.75) is 12.5 Å². The number of nitriles is 1. The predicted molar refractivity (Wildman–Crippen MR) is 48.4 cm³/mol. The molecular weight excluding hydrogens is 182 g/mol. The third kappa shape index (κ3) is 2.28. The fourth-order valence-corrected chi connectivity index (χ4v) is 0.954. The lowest BCUT2D eigenvalue weighted by Gasteiger charge is -2.05. The number of hydrogen-bond acceptors (Lipinski definition) is 4. The Morgan fingerprint density at radius 1 is 1.71 bits per heavy atom. The van der Waals surface area contributed by atoms with E-state index in [2.05, 4.69) is 4.98 Å². The van der Waals surface area contributed by atoms with Crippen molar-refractivity contribution in [3.63, 3.8) is 0 Å². The van der Waals surface area contributed by atoms with Gasteiger partial charge in [-0.2, -0.15) is 5.26 Å². The molecule has 1 aromatic rings. The lowest BCUT2D eigenvalue weighted by molar-refractivity contribution is 0.0696. The SMILES string of the molecule is N#CC[C@@H](N)c1ccc(C(=O)O)cn1. The Balaban J connectivity index is 2.84. The van der Waals surface area contributed by atoms with E-state index in [4.69, 9.17) is 16.1 Å². The smallest absolute Gasteiger partial charge is 0.337 e. The molecule has 0 spiro atoms. The topological polar surface area (TPSA) is 100 Å². The molecule has 14 heavy (non-hydrogen) atoms. The predicted octanol–water partition coefficient (Wildman–Crippen LogP) is 0.693. The van der Waals surface area contributed by atoms with Gasteiger partial charge in [0.1, 0.15) is 0 Å². The molecule has 0 fully saturated rings. The molecule has 0 aromatic carbocycles. The van der Waals surface area contributed by atoms with Gasteiger partial charge in [0.25, 0.3) is 0 Å². The first kappa shape index (κ1) is 10.2. The standard InChI is InChI=1S/C9H9N3O2/c10-4-3-7(11)8-2-1-6(5-12-8)9(13)14/h1-2,5,7H,3,11H2,(H,13,14)/t7-/m1/s1. The number of carbonyl (C=O) groups is 1. The van der Waals surface area contributed by atoms with Crippen LogP contribution in [0.1, 0.15) is 28.5 Å². The molecule has 5 heteroatoms. The second-order valence-corrected chi connectivity index (χ2v) is 2.75. The molecule has 0 unspecified atom stereocenters. The Morgan fingerprint density at radius 3 is 2.86 bits per heavy atom. The van der Waals surface area contributed by atoms with Crippen LogP contribution < -0.4 is 5.73 Å². The minimum atomic E-state index is -1.03. The zero-order valence-corrected chi connectivity index (χ0v) is 7.34. The zero-order chi connectivity index (χ0) is 10.6. The summed E-state index contributed by atoms with van der Waals surface area (Å²) in [7, 11) is 0. The molecule has 0 aliphatic heterocycles. The number of carboxylic acid groups (broad SMARTS) is 1. The third-order valence-corrected chi connectivity index (χ3v) is 1.72. The Morgan fingerprint density at radius 2 is 2.43 bits per heavy atom. The van der Waals surface area contributed by atoms with Crippen molar-refractivity contribution in [3.05, 3.63) is 29.6 Å². The molecule has 1 aromatic heterocycles. The molecule has 0 saturated carbocycles. The van der Waals surface area contributed by atoms with Gasteiger partial charge in [-0.3, -0.25) is 4.98 Å². The number of carboxylic acids is 1. The van der Waals surface area contributed by atoms with E-state index in [1.165, 1.54) is 18.3 Å². The number of nitrogens with two attached hydrogens (primary N) is 1. The average Bonchev–Trinajstić information content (AvgIpc) is 2.18. The largest absolute Gasteiger partial charge is 0.478 e. The number of aromatic nitrogens is 1. The number of pyridine rings is 1. The van der Waals surface area contributed by atoms with Crippen LogP contribution in [-0.2, 0) is 0 Å². The van der Waals surface area contributed by atoms with Crippen molar-refractivity contribution in [2.75, 3.05) is 0 Å². The van der Waals surface area contributed by atoms with E-state index in [9.17, 15) is 4.79 Å². The van der Waals surface area contributed by atoms with E-state index in [-0.39, 0.29) is 12.0 Å². The molecular formula is C9H9N3O2. The van der Waals surface area contributed by atoms with Crippen LogP contribution in [0.2, 0.25) is 0 Å². The highest BCUT2D eigenvalue weighted by molar-refractivity contribution is 5.87. The van der Waals surface area contributed by atoms with Crippen LogP contribution in [0.3, 0.4) is 0 Å². The van der Waals surface area contributed by atoms with Gasteiger partial charge in [0.05, 0.1) is 29.8 Å². The Bertz CT molecular complexity index is 367. The van der Waals surface area contributed by atoms with Gasteiger partial charge in [-0.15, -0.1) is 0 Å². The van der Waals surface area contributed by atoms with Crippen LogP contribution in [0, 0.1) is 11.3 Å². The zero-order valence-electron chi connectivity index (χ0n) is 7.34. The molecule has 0 aliphatic carbocycles. The number of aromatic carboxylic acids is 1. The number of nitrogens with zero attached hydrogens (tertiary/aromatic N) is 2. The number of rotatable bonds is 3. The van der Waals surface area contributed by atoms with E-state index in [0.29, 0.717) is 5.69 Å². The van der Waals surface area contributed by atoms with Crippen LogP contribution in [0.25, 0.3) is 0 Å². The summed E-state index contributed by atoms with van der Waals surface area (Å²) in [5.41, 5.74) is 6.23. The average molecular weight is 191 g/mol. The third-order valence-electron chi connectivity index (χ3n) is 1.72. The van der Waals surface area contributed by atoms with Crippen LogP contribution >= 0.6 is 0 Å². The van der Waals surface area contributed by atoms with Crippen LogP contribution in [0.15, 0.2) is 18.3 Å². The maximum atomic E-state index is 10.5. The van der Waals surface area contributed by atoms with Gasteiger partial charge < -0.3 is 10.8 Å². The van der Waals surface area contributed by atoms with Crippen molar-refractivity contribution in [2.24, 2.45) is 5.73 Å². The van der Waals surface area contributed by atoms with Crippen molar-refractivity contribution < 1.29 is 9.90 Å². The highest BCUT2D eigenvalue weighted by Gasteiger charge is 2.08. The Labute approximate surface area is 80.8 Å².